The van der Waals surface area contributed by atoms with Crippen LogP contribution in [0.25, 0.3) is 10.9 Å². The molecule has 2 aromatic carbocycles. The van der Waals surface area contributed by atoms with Crippen LogP contribution in [0.1, 0.15) is 44.2 Å². The number of hydrogen-bond acceptors (Lipinski definition) is 4. The molecule has 1 fully saturated rings. The Morgan fingerprint density at radius 1 is 1.06 bits per heavy atom. The monoisotopic (exact) mass is 473 g/mol. The van der Waals surface area contributed by atoms with Crippen LogP contribution in [0.4, 0.5) is 8.78 Å². The highest BCUT2D eigenvalue weighted by molar-refractivity contribution is 7.89. The van der Waals surface area contributed by atoms with Crippen molar-refractivity contribution >= 4 is 26.8 Å². The van der Waals surface area contributed by atoms with E-state index >= 15 is 0 Å². The van der Waals surface area contributed by atoms with E-state index in [1.54, 1.807) is 13.0 Å². The predicted molar refractivity (Wildman–Crippen MR) is 121 cm³/mol. The maximum Gasteiger partial charge on any atom is 0.242 e. The second kappa shape index (κ2) is 9.52. The molecular weight excluding hydrogens is 448 g/mol. The van der Waals surface area contributed by atoms with Crippen molar-refractivity contribution < 1.29 is 22.0 Å². The van der Waals surface area contributed by atoms with Crippen LogP contribution in [0, 0.1) is 17.6 Å². The van der Waals surface area contributed by atoms with Gasteiger partial charge in [-0.25, -0.2) is 21.9 Å². The lowest BCUT2D eigenvalue weighted by Gasteiger charge is -2.29. The maximum atomic E-state index is 14.0. The van der Waals surface area contributed by atoms with E-state index < -0.39 is 27.7 Å². The average Bonchev–Trinajstić information content (AvgIpc) is 2.78. The number of rotatable bonds is 6. The number of hydrogen-bond donors (Lipinski definition) is 2. The summed E-state index contributed by atoms with van der Waals surface area (Å²) in [6.07, 6.45) is 3.39. The van der Waals surface area contributed by atoms with Crippen molar-refractivity contribution in [2.75, 3.05) is 0 Å². The minimum absolute atomic E-state index is 0.108. The highest BCUT2D eigenvalue weighted by Crippen LogP contribution is 2.27. The first-order valence-corrected chi connectivity index (χ1v) is 12.3. The predicted octanol–water partition coefficient (Wildman–Crippen LogP) is 4.23. The van der Waals surface area contributed by atoms with Gasteiger partial charge in [0.15, 0.2) is 0 Å². The van der Waals surface area contributed by atoms with Gasteiger partial charge in [-0.3, -0.25) is 9.78 Å². The van der Waals surface area contributed by atoms with Gasteiger partial charge in [-0.05, 0) is 50.8 Å². The quantitative estimate of drug-likeness (QED) is 0.561. The van der Waals surface area contributed by atoms with E-state index in [0.717, 1.165) is 23.0 Å². The van der Waals surface area contributed by atoms with E-state index in [-0.39, 0.29) is 28.3 Å². The van der Waals surface area contributed by atoms with Crippen LogP contribution in [0.2, 0.25) is 0 Å². The van der Waals surface area contributed by atoms with Gasteiger partial charge in [0.2, 0.25) is 15.9 Å². The molecule has 4 rings (SSSR count). The van der Waals surface area contributed by atoms with Gasteiger partial charge in [-0.15, -0.1) is 0 Å². The Hall–Kier alpha value is -2.91. The molecule has 1 aromatic heterocycles. The highest BCUT2D eigenvalue weighted by atomic mass is 32.2. The standard InChI is InChI=1S/C24H25F2N3O3S/c1-15(21-11-8-18(25)13-22(21)26)28-24(30)16-6-9-19(10-7-16)29-33(31,32)20-12-17-4-2-3-5-23(17)27-14-20/h2-5,8,11-16,19,29H,6-7,9-10H2,1H3,(H,28,30). The number of fused-ring (bicyclic) bond motifs is 1. The van der Waals surface area contributed by atoms with Crippen LogP contribution in [-0.4, -0.2) is 25.4 Å². The summed E-state index contributed by atoms with van der Waals surface area (Å²) in [5, 5.41) is 3.53. The van der Waals surface area contributed by atoms with Gasteiger partial charge in [0.25, 0.3) is 0 Å². The SMILES string of the molecule is CC(NC(=O)C1CCC(NS(=O)(=O)c2cnc3ccccc3c2)CC1)c1ccc(F)cc1F. The number of carbonyl (C=O) groups is 1. The maximum absolute atomic E-state index is 14.0. The van der Waals surface area contributed by atoms with E-state index in [9.17, 15) is 22.0 Å². The zero-order valence-corrected chi connectivity index (χ0v) is 18.9. The van der Waals surface area contributed by atoms with Crippen molar-refractivity contribution in [1.29, 1.82) is 0 Å². The molecule has 2 N–H and O–H groups in total. The molecule has 1 saturated carbocycles. The number of amides is 1. The lowest BCUT2D eigenvalue weighted by Crippen LogP contribution is -2.41. The summed E-state index contributed by atoms with van der Waals surface area (Å²) in [6.45, 7) is 1.64. The lowest BCUT2D eigenvalue weighted by atomic mass is 9.85. The van der Waals surface area contributed by atoms with Crippen molar-refractivity contribution in [2.45, 2.75) is 49.6 Å². The third-order valence-electron chi connectivity index (χ3n) is 6.08. The second-order valence-electron chi connectivity index (χ2n) is 8.43. The fourth-order valence-electron chi connectivity index (χ4n) is 4.22. The van der Waals surface area contributed by atoms with Gasteiger partial charge in [-0.2, -0.15) is 0 Å². The molecule has 1 unspecified atom stereocenters. The van der Waals surface area contributed by atoms with Gasteiger partial charge < -0.3 is 5.32 Å². The number of halogens is 2. The van der Waals surface area contributed by atoms with E-state index in [4.69, 9.17) is 0 Å². The highest BCUT2D eigenvalue weighted by Gasteiger charge is 2.30. The van der Waals surface area contributed by atoms with E-state index in [1.165, 1.54) is 12.3 Å². The molecule has 1 heterocycles. The minimum atomic E-state index is -3.74. The van der Waals surface area contributed by atoms with E-state index in [1.807, 2.05) is 24.3 Å². The normalized spacial score (nSPS) is 19.8. The molecule has 0 bridgehead atoms. The number of nitrogens with one attached hydrogen (secondary N) is 2. The Balaban J connectivity index is 1.33. The van der Waals surface area contributed by atoms with Gasteiger partial charge in [0.05, 0.1) is 11.6 Å². The van der Waals surface area contributed by atoms with Crippen molar-refractivity contribution in [2.24, 2.45) is 5.92 Å². The Bertz CT molecular complexity index is 1270. The van der Waals surface area contributed by atoms with Gasteiger partial charge in [-0.1, -0.05) is 24.3 Å². The van der Waals surface area contributed by atoms with Crippen LogP contribution in [-0.2, 0) is 14.8 Å². The summed E-state index contributed by atoms with van der Waals surface area (Å²) in [5.74, 6) is -1.88. The molecule has 1 aliphatic rings. The number of carbonyl (C=O) groups excluding carboxylic acids is 1. The van der Waals surface area contributed by atoms with Crippen LogP contribution >= 0.6 is 0 Å². The fraction of sp³-hybridized carbons (Fsp3) is 0.333. The van der Waals surface area contributed by atoms with Gasteiger partial charge >= 0.3 is 0 Å². The summed E-state index contributed by atoms with van der Waals surface area (Å²) in [4.78, 5) is 17.0. The largest absolute Gasteiger partial charge is 0.349 e. The summed E-state index contributed by atoms with van der Waals surface area (Å²) in [6, 6.07) is 11.3. The summed E-state index contributed by atoms with van der Waals surface area (Å²) in [5.41, 5.74) is 0.938. The number of sulfonamides is 1. The Morgan fingerprint density at radius 3 is 2.52 bits per heavy atom. The topological polar surface area (TPSA) is 88.2 Å². The summed E-state index contributed by atoms with van der Waals surface area (Å²) in [7, 11) is -3.74. The molecule has 0 spiro atoms. The molecular formula is C24H25F2N3O3S. The summed E-state index contributed by atoms with van der Waals surface area (Å²) >= 11 is 0. The van der Waals surface area contributed by atoms with Crippen LogP contribution < -0.4 is 10.0 Å². The molecule has 0 saturated heterocycles. The van der Waals surface area contributed by atoms with Crippen LogP contribution in [0.15, 0.2) is 59.6 Å². The van der Waals surface area contributed by atoms with Crippen molar-refractivity contribution in [3.63, 3.8) is 0 Å². The number of pyridine rings is 1. The smallest absolute Gasteiger partial charge is 0.242 e. The molecule has 6 nitrogen and oxygen atoms in total. The second-order valence-corrected chi connectivity index (χ2v) is 10.1. The third kappa shape index (κ3) is 5.36. The summed E-state index contributed by atoms with van der Waals surface area (Å²) < 4.78 is 55.5. The molecule has 9 heteroatoms. The van der Waals surface area contributed by atoms with E-state index in [2.05, 4.69) is 15.0 Å². The first-order valence-electron chi connectivity index (χ1n) is 10.9. The molecule has 0 radical (unpaired) electrons. The Kier molecular flexibility index (Phi) is 6.71. The molecule has 33 heavy (non-hydrogen) atoms. The number of nitrogens with zero attached hydrogens (tertiary/aromatic N) is 1. The van der Waals surface area contributed by atoms with Crippen LogP contribution in [0.5, 0.6) is 0 Å². The molecule has 1 amide bonds. The van der Waals surface area contributed by atoms with Crippen LogP contribution in [0.3, 0.4) is 0 Å². The van der Waals surface area contributed by atoms with Crippen molar-refractivity contribution in [3.05, 3.63) is 71.9 Å². The molecule has 1 aliphatic carbocycles. The van der Waals surface area contributed by atoms with Crippen molar-refractivity contribution in [3.8, 4) is 0 Å². The molecule has 174 valence electrons. The molecule has 3 aromatic rings. The number of aromatic nitrogens is 1. The number of benzene rings is 2. The molecule has 0 aliphatic heterocycles. The average molecular weight is 474 g/mol. The Labute approximate surface area is 191 Å². The number of para-hydroxylation sites is 1. The van der Waals surface area contributed by atoms with Gasteiger partial charge in [0.1, 0.15) is 16.5 Å². The lowest BCUT2D eigenvalue weighted by molar-refractivity contribution is -0.126. The fourth-order valence-corrected chi connectivity index (χ4v) is 5.50. The van der Waals surface area contributed by atoms with E-state index in [0.29, 0.717) is 25.7 Å². The van der Waals surface area contributed by atoms with Gasteiger partial charge in [0, 0.05) is 35.2 Å². The zero-order valence-electron chi connectivity index (χ0n) is 18.1. The third-order valence-corrected chi connectivity index (χ3v) is 7.57. The van der Waals surface area contributed by atoms with Crippen molar-refractivity contribution in [1.82, 2.24) is 15.0 Å². The molecule has 1 atom stereocenters. The minimum Gasteiger partial charge on any atom is -0.349 e. The first-order chi connectivity index (χ1) is 15.7. The first kappa shape index (κ1) is 23.3. The Morgan fingerprint density at radius 2 is 1.79 bits per heavy atom. The zero-order chi connectivity index (χ0) is 23.6.